The van der Waals surface area contributed by atoms with Gasteiger partial charge in [-0.15, -0.1) is 0 Å². The van der Waals surface area contributed by atoms with Crippen LogP contribution in [0.15, 0.2) is 30.3 Å². The number of rotatable bonds is 13. The van der Waals surface area contributed by atoms with Gasteiger partial charge in [0.1, 0.15) is 18.1 Å². The Balaban J connectivity index is 2.92. The highest BCUT2D eigenvalue weighted by atomic mass is 16.2. The summed E-state index contributed by atoms with van der Waals surface area (Å²) < 4.78 is 0. The minimum absolute atomic E-state index is 0.106. The molecular formula is C22H35N5O4. The number of hydrogen-bond acceptors (Lipinski definition) is 5. The van der Waals surface area contributed by atoms with Crippen LogP contribution in [0.2, 0.25) is 0 Å². The molecule has 0 radical (unpaired) electrons. The number of benzene rings is 1. The second kappa shape index (κ2) is 13.4. The Morgan fingerprint density at radius 2 is 1.58 bits per heavy atom. The second-order valence-corrected chi connectivity index (χ2v) is 7.85. The molecule has 0 aliphatic heterocycles. The van der Waals surface area contributed by atoms with Gasteiger partial charge in [-0.05, 0) is 31.4 Å². The van der Waals surface area contributed by atoms with Crippen molar-refractivity contribution in [2.75, 3.05) is 13.1 Å². The first-order chi connectivity index (χ1) is 14.6. The Hall–Kier alpha value is -2.94. The molecule has 3 unspecified atom stereocenters. The maximum absolute atomic E-state index is 13.0. The van der Waals surface area contributed by atoms with Gasteiger partial charge in [0.25, 0.3) is 0 Å². The fourth-order valence-electron chi connectivity index (χ4n) is 2.84. The van der Waals surface area contributed by atoms with Gasteiger partial charge in [-0.2, -0.15) is 0 Å². The molecule has 172 valence electrons. The van der Waals surface area contributed by atoms with E-state index in [4.69, 9.17) is 5.73 Å². The van der Waals surface area contributed by atoms with Crippen LogP contribution in [0.1, 0.15) is 39.7 Å². The zero-order valence-electron chi connectivity index (χ0n) is 18.7. The summed E-state index contributed by atoms with van der Waals surface area (Å²) in [6.07, 6.45) is 1.11. The largest absolute Gasteiger partial charge is 0.368 e. The van der Waals surface area contributed by atoms with Crippen molar-refractivity contribution < 1.29 is 19.2 Å². The minimum Gasteiger partial charge on any atom is -0.368 e. The van der Waals surface area contributed by atoms with Crippen LogP contribution >= 0.6 is 0 Å². The fraction of sp³-hybridized carbons (Fsp3) is 0.545. The number of nitrogens with one attached hydrogen (secondary N) is 4. The number of primary amides is 1. The van der Waals surface area contributed by atoms with Crippen LogP contribution in [0.5, 0.6) is 0 Å². The summed E-state index contributed by atoms with van der Waals surface area (Å²) in [4.78, 5) is 49.2. The molecule has 0 fully saturated rings. The van der Waals surface area contributed by atoms with Gasteiger partial charge in [-0.1, -0.05) is 51.1 Å². The third-order valence-corrected chi connectivity index (χ3v) is 4.68. The SMILES string of the molecule is CCCNCC(=O)NC(C(=O)NC(Cc1ccccc1)C(=O)NC(C)C(N)=O)C(C)C. The molecule has 9 nitrogen and oxygen atoms in total. The monoisotopic (exact) mass is 433 g/mol. The maximum atomic E-state index is 13.0. The second-order valence-electron chi connectivity index (χ2n) is 7.85. The van der Waals surface area contributed by atoms with E-state index in [1.165, 1.54) is 6.92 Å². The molecule has 3 atom stereocenters. The highest BCUT2D eigenvalue weighted by Crippen LogP contribution is 2.07. The number of carbonyl (C=O) groups is 4. The molecule has 0 saturated heterocycles. The van der Waals surface area contributed by atoms with E-state index in [1.807, 2.05) is 51.1 Å². The lowest BCUT2D eigenvalue weighted by molar-refractivity contribution is -0.133. The first-order valence-corrected chi connectivity index (χ1v) is 10.6. The molecule has 0 aromatic heterocycles. The van der Waals surface area contributed by atoms with Crippen LogP contribution in [0.4, 0.5) is 0 Å². The van der Waals surface area contributed by atoms with E-state index in [0.29, 0.717) is 6.54 Å². The van der Waals surface area contributed by atoms with Crippen molar-refractivity contribution in [3.8, 4) is 0 Å². The Morgan fingerprint density at radius 3 is 2.13 bits per heavy atom. The van der Waals surface area contributed by atoms with Crippen LogP contribution in [0.3, 0.4) is 0 Å². The molecule has 0 aliphatic carbocycles. The van der Waals surface area contributed by atoms with Crippen LogP contribution in [0, 0.1) is 5.92 Å². The lowest BCUT2D eigenvalue weighted by atomic mass is 10.0. The number of nitrogens with two attached hydrogens (primary N) is 1. The smallest absolute Gasteiger partial charge is 0.243 e. The lowest BCUT2D eigenvalue weighted by Crippen LogP contribution is -2.58. The molecule has 9 heteroatoms. The van der Waals surface area contributed by atoms with Crippen LogP contribution in [0.25, 0.3) is 0 Å². The third kappa shape index (κ3) is 9.61. The molecule has 0 saturated carbocycles. The number of amides is 4. The molecular weight excluding hydrogens is 398 g/mol. The molecule has 6 N–H and O–H groups in total. The van der Waals surface area contributed by atoms with Crippen molar-refractivity contribution in [3.05, 3.63) is 35.9 Å². The van der Waals surface area contributed by atoms with E-state index >= 15 is 0 Å². The lowest BCUT2D eigenvalue weighted by Gasteiger charge is -2.26. The van der Waals surface area contributed by atoms with Crippen molar-refractivity contribution in [2.24, 2.45) is 11.7 Å². The Kier molecular flexibility index (Phi) is 11.3. The van der Waals surface area contributed by atoms with Crippen LogP contribution in [-0.2, 0) is 25.6 Å². The normalized spacial score (nSPS) is 13.7. The van der Waals surface area contributed by atoms with Gasteiger partial charge >= 0.3 is 0 Å². The number of carbonyl (C=O) groups excluding carboxylic acids is 4. The summed E-state index contributed by atoms with van der Waals surface area (Å²) in [6, 6.07) is 6.56. The zero-order valence-corrected chi connectivity index (χ0v) is 18.7. The number of hydrogen-bond donors (Lipinski definition) is 5. The maximum Gasteiger partial charge on any atom is 0.243 e. The fourth-order valence-corrected chi connectivity index (χ4v) is 2.84. The van der Waals surface area contributed by atoms with Crippen molar-refractivity contribution in [1.29, 1.82) is 0 Å². The molecule has 1 aromatic rings. The van der Waals surface area contributed by atoms with Gasteiger partial charge in [-0.3, -0.25) is 19.2 Å². The molecule has 0 bridgehead atoms. The predicted molar refractivity (Wildman–Crippen MR) is 119 cm³/mol. The first kappa shape index (κ1) is 26.1. The quantitative estimate of drug-likeness (QED) is 0.275. The van der Waals surface area contributed by atoms with E-state index in [2.05, 4.69) is 21.3 Å². The Bertz CT molecular complexity index is 739. The van der Waals surface area contributed by atoms with Gasteiger partial charge in [0, 0.05) is 6.42 Å². The van der Waals surface area contributed by atoms with Crippen LogP contribution in [-0.4, -0.2) is 54.8 Å². The molecule has 1 rings (SSSR count). The van der Waals surface area contributed by atoms with E-state index in [9.17, 15) is 19.2 Å². The summed E-state index contributed by atoms with van der Waals surface area (Å²) in [5.74, 6) is -2.16. The van der Waals surface area contributed by atoms with Crippen molar-refractivity contribution in [2.45, 2.75) is 58.7 Å². The predicted octanol–water partition coefficient (Wildman–Crippen LogP) is -0.156. The summed E-state index contributed by atoms with van der Waals surface area (Å²) in [6.45, 7) is 7.89. The standard InChI is InChI=1S/C22H35N5O4/c1-5-11-24-13-18(28)27-19(14(2)3)22(31)26-17(12-16-9-7-6-8-10-16)21(30)25-15(4)20(23)29/h6-10,14-15,17,19,24H,5,11-13H2,1-4H3,(H2,23,29)(H,25,30)(H,26,31)(H,27,28). The van der Waals surface area contributed by atoms with Gasteiger partial charge in [-0.25, -0.2) is 0 Å². The molecule has 0 spiro atoms. The van der Waals surface area contributed by atoms with E-state index in [-0.39, 0.29) is 24.8 Å². The average molecular weight is 434 g/mol. The van der Waals surface area contributed by atoms with Gasteiger partial charge in [0.05, 0.1) is 6.54 Å². The summed E-state index contributed by atoms with van der Waals surface area (Å²) in [5, 5.41) is 11.0. The van der Waals surface area contributed by atoms with Crippen molar-refractivity contribution in [3.63, 3.8) is 0 Å². The van der Waals surface area contributed by atoms with Crippen molar-refractivity contribution >= 4 is 23.6 Å². The zero-order chi connectivity index (χ0) is 23.4. The van der Waals surface area contributed by atoms with E-state index < -0.39 is 35.8 Å². The highest BCUT2D eigenvalue weighted by Gasteiger charge is 2.29. The van der Waals surface area contributed by atoms with Crippen LogP contribution < -0.4 is 27.0 Å². The topological polar surface area (TPSA) is 142 Å². The Morgan fingerprint density at radius 1 is 0.935 bits per heavy atom. The van der Waals surface area contributed by atoms with Crippen molar-refractivity contribution in [1.82, 2.24) is 21.3 Å². The average Bonchev–Trinajstić information content (AvgIpc) is 2.72. The Labute approximate surface area is 183 Å². The summed E-state index contributed by atoms with van der Waals surface area (Å²) >= 11 is 0. The van der Waals surface area contributed by atoms with Gasteiger partial charge in [0.2, 0.25) is 23.6 Å². The summed E-state index contributed by atoms with van der Waals surface area (Å²) in [7, 11) is 0. The molecule has 4 amide bonds. The molecule has 0 heterocycles. The highest BCUT2D eigenvalue weighted by molar-refractivity contribution is 5.94. The summed E-state index contributed by atoms with van der Waals surface area (Å²) in [5.41, 5.74) is 6.07. The van der Waals surface area contributed by atoms with Gasteiger partial charge in [0.15, 0.2) is 0 Å². The molecule has 1 aromatic carbocycles. The third-order valence-electron chi connectivity index (χ3n) is 4.68. The van der Waals surface area contributed by atoms with E-state index in [0.717, 1.165) is 12.0 Å². The minimum atomic E-state index is -0.937. The van der Waals surface area contributed by atoms with E-state index in [1.54, 1.807) is 0 Å². The molecule has 31 heavy (non-hydrogen) atoms. The molecule has 0 aliphatic rings. The van der Waals surface area contributed by atoms with Gasteiger partial charge < -0.3 is 27.0 Å². The first-order valence-electron chi connectivity index (χ1n) is 10.6.